The van der Waals surface area contributed by atoms with Gasteiger partial charge in [0, 0.05) is 24.1 Å². The van der Waals surface area contributed by atoms with Crippen LogP contribution in [0.25, 0.3) is 0 Å². The van der Waals surface area contributed by atoms with E-state index in [1.807, 2.05) is 0 Å². The Hall–Kier alpha value is 0.270. The lowest BCUT2D eigenvalue weighted by Crippen LogP contribution is -2.37. The van der Waals surface area contributed by atoms with E-state index in [9.17, 15) is 0 Å². The second-order valence-corrected chi connectivity index (χ2v) is 5.38. The highest BCUT2D eigenvalue weighted by Crippen LogP contribution is 2.17. The zero-order valence-electron chi connectivity index (χ0n) is 8.67. The van der Waals surface area contributed by atoms with Crippen LogP contribution >= 0.6 is 11.8 Å². The van der Waals surface area contributed by atoms with Crippen molar-refractivity contribution in [2.45, 2.75) is 31.4 Å². The predicted molar refractivity (Wildman–Crippen MR) is 61.3 cm³/mol. The first-order valence-corrected chi connectivity index (χ1v) is 6.42. The van der Waals surface area contributed by atoms with Gasteiger partial charge in [0.2, 0.25) is 0 Å². The second kappa shape index (κ2) is 6.68. The van der Waals surface area contributed by atoms with Gasteiger partial charge in [-0.25, -0.2) is 0 Å². The van der Waals surface area contributed by atoms with Gasteiger partial charge in [-0.2, -0.15) is 11.8 Å². The summed E-state index contributed by atoms with van der Waals surface area (Å²) in [5, 5.41) is 0.836. The van der Waals surface area contributed by atoms with E-state index in [1.165, 1.54) is 44.6 Å². The van der Waals surface area contributed by atoms with E-state index in [0.29, 0.717) is 0 Å². The number of rotatable bonds is 5. The maximum atomic E-state index is 5.45. The van der Waals surface area contributed by atoms with Crippen LogP contribution < -0.4 is 5.73 Å². The Morgan fingerprint density at radius 3 is 2.92 bits per heavy atom. The minimum absolute atomic E-state index is 0.836. The molecule has 1 saturated heterocycles. The van der Waals surface area contributed by atoms with Crippen molar-refractivity contribution in [3.8, 4) is 0 Å². The Morgan fingerprint density at radius 2 is 2.23 bits per heavy atom. The Bertz CT molecular complexity index is 130. The fraction of sp³-hybridized carbons (Fsp3) is 1.00. The molecule has 1 aliphatic heterocycles. The van der Waals surface area contributed by atoms with Gasteiger partial charge in [0.1, 0.15) is 0 Å². The summed E-state index contributed by atoms with van der Waals surface area (Å²) in [7, 11) is 0. The molecule has 3 heteroatoms. The summed E-state index contributed by atoms with van der Waals surface area (Å²) in [6.07, 6.45) is 3.82. The molecule has 13 heavy (non-hydrogen) atoms. The molecule has 0 aromatic rings. The molecule has 0 spiro atoms. The van der Waals surface area contributed by atoms with Crippen LogP contribution in [0, 0.1) is 0 Å². The van der Waals surface area contributed by atoms with Crippen molar-refractivity contribution >= 4 is 11.8 Å². The largest absolute Gasteiger partial charge is 0.330 e. The first kappa shape index (κ1) is 11.3. The van der Waals surface area contributed by atoms with Gasteiger partial charge in [0.25, 0.3) is 0 Å². The predicted octanol–water partition coefficient (Wildman–Crippen LogP) is 1.55. The molecule has 0 radical (unpaired) electrons. The van der Waals surface area contributed by atoms with Gasteiger partial charge in [-0.05, 0) is 25.9 Å². The minimum atomic E-state index is 0.836. The molecule has 1 aliphatic rings. The second-order valence-electron chi connectivity index (χ2n) is 3.83. The third kappa shape index (κ3) is 4.89. The highest BCUT2D eigenvalue weighted by Gasteiger charge is 2.15. The summed E-state index contributed by atoms with van der Waals surface area (Å²) in [5.74, 6) is 1.32. The minimum Gasteiger partial charge on any atom is -0.330 e. The zero-order valence-corrected chi connectivity index (χ0v) is 9.48. The molecule has 2 nitrogen and oxygen atoms in total. The third-order valence-corrected chi connectivity index (χ3v) is 3.64. The Labute approximate surface area is 86.2 Å². The Balaban J connectivity index is 2.00. The van der Waals surface area contributed by atoms with Gasteiger partial charge < -0.3 is 10.6 Å². The van der Waals surface area contributed by atoms with Gasteiger partial charge in [-0.1, -0.05) is 13.3 Å². The molecule has 1 atom stereocenters. The molecule has 1 fully saturated rings. The summed E-state index contributed by atoms with van der Waals surface area (Å²) in [6.45, 7) is 7.04. The highest BCUT2D eigenvalue weighted by molar-refractivity contribution is 7.99. The highest BCUT2D eigenvalue weighted by atomic mass is 32.2. The van der Waals surface area contributed by atoms with Crippen molar-refractivity contribution in [2.24, 2.45) is 5.73 Å². The normalized spacial score (nSPS) is 24.9. The maximum Gasteiger partial charge on any atom is 0.0147 e. The van der Waals surface area contributed by atoms with Crippen LogP contribution in [0.1, 0.15) is 26.2 Å². The SMILES string of the molecule is CC1CN(CCCCCN)CCS1. The van der Waals surface area contributed by atoms with Crippen LogP contribution in [-0.2, 0) is 0 Å². The van der Waals surface area contributed by atoms with Gasteiger partial charge in [0.05, 0.1) is 0 Å². The molecule has 0 bridgehead atoms. The standard InChI is InChI=1S/C10H22N2S/c1-10-9-12(7-8-13-10)6-4-2-3-5-11/h10H,2-9,11H2,1H3. The van der Waals surface area contributed by atoms with Crippen molar-refractivity contribution < 1.29 is 0 Å². The van der Waals surface area contributed by atoms with Crippen molar-refractivity contribution in [1.82, 2.24) is 4.90 Å². The fourth-order valence-corrected chi connectivity index (χ4v) is 2.83. The molecule has 1 heterocycles. The van der Waals surface area contributed by atoms with E-state index in [4.69, 9.17) is 5.73 Å². The third-order valence-electron chi connectivity index (χ3n) is 2.50. The maximum absolute atomic E-state index is 5.45. The number of nitrogens with two attached hydrogens (primary N) is 1. The first-order valence-electron chi connectivity index (χ1n) is 5.37. The molecule has 78 valence electrons. The van der Waals surface area contributed by atoms with Crippen molar-refractivity contribution in [3.05, 3.63) is 0 Å². The van der Waals surface area contributed by atoms with E-state index < -0.39 is 0 Å². The number of hydrogen-bond acceptors (Lipinski definition) is 3. The van der Waals surface area contributed by atoms with Crippen LogP contribution in [0.2, 0.25) is 0 Å². The van der Waals surface area contributed by atoms with Crippen molar-refractivity contribution in [1.29, 1.82) is 0 Å². The van der Waals surface area contributed by atoms with Crippen LogP contribution in [-0.4, -0.2) is 42.1 Å². The fourth-order valence-electron chi connectivity index (χ4n) is 1.75. The Kier molecular flexibility index (Phi) is 5.83. The summed E-state index contributed by atoms with van der Waals surface area (Å²) < 4.78 is 0. The average molecular weight is 202 g/mol. The van der Waals surface area contributed by atoms with Crippen LogP contribution in [0.3, 0.4) is 0 Å². The van der Waals surface area contributed by atoms with Crippen LogP contribution in [0.4, 0.5) is 0 Å². The monoisotopic (exact) mass is 202 g/mol. The molecule has 0 saturated carbocycles. The number of nitrogens with zero attached hydrogens (tertiary/aromatic N) is 1. The molecule has 0 aliphatic carbocycles. The summed E-state index contributed by atoms with van der Waals surface area (Å²) in [4.78, 5) is 2.59. The van der Waals surface area contributed by atoms with E-state index in [1.54, 1.807) is 0 Å². The van der Waals surface area contributed by atoms with E-state index in [0.717, 1.165) is 11.8 Å². The zero-order chi connectivity index (χ0) is 9.52. The molecule has 1 rings (SSSR count). The van der Waals surface area contributed by atoms with E-state index in [-0.39, 0.29) is 0 Å². The van der Waals surface area contributed by atoms with Crippen molar-refractivity contribution in [3.63, 3.8) is 0 Å². The molecule has 0 aromatic heterocycles. The lowest BCUT2D eigenvalue weighted by atomic mass is 10.2. The lowest BCUT2D eigenvalue weighted by Gasteiger charge is -2.30. The summed E-state index contributed by atoms with van der Waals surface area (Å²) >= 11 is 2.10. The number of unbranched alkanes of at least 4 members (excludes halogenated alkanes) is 2. The van der Waals surface area contributed by atoms with Gasteiger partial charge in [0.15, 0.2) is 0 Å². The molecule has 0 amide bonds. The molecule has 0 aromatic carbocycles. The van der Waals surface area contributed by atoms with Crippen LogP contribution in [0.5, 0.6) is 0 Å². The lowest BCUT2D eigenvalue weighted by molar-refractivity contribution is 0.280. The molecule has 2 N–H and O–H groups in total. The summed E-state index contributed by atoms with van der Waals surface area (Å²) in [5.41, 5.74) is 5.45. The molecular formula is C10H22N2S. The summed E-state index contributed by atoms with van der Waals surface area (Å²) in [6, 6.07) is 0. The van der Waals surface area contributed by atoms with Gasteiger partial charge in [-0.15, -0.1) is 0 Å². The number of hydrogen-bond donors (Lipinski definition) is 1. The number of thioether (sulfide) groups is 1. The smallest absolute Gasteiger partial charge is 0.0147 e. The van der Waals surface area contributed by atoms with Gasteiger partial charge >= 0.3 is 0 Å². The molecular weight excluding hydrogens is 180 g/mol. The van der Waals surface area contributed by atoms with Gasteiger partial charge in [-0.3, -0.25) is 0 Å². The van der Waals surface area contributed by atoms with E-state index in [2.05, 4.69) is 23.6 Å². The van der Waals surface area contributed by atoms with E-state index >= 15 is 0 Å². The molecule has 1 unspecified atom stereocenters. The van der Waals surface area contributed by atoms with Crippen LogP contribution in [0.15, 0.2) is 0 Å². The average Bonchev–Trinajstić information content (AvgIpc) is 2.13. The quantitative estimate of drug-likeness (QED) is 0.686. The van der Waals surface area contributed by atoms with Crippen molar-refractivity contribution in [2.75, 3.05) is 31.9 Å². The first-order chi connectivity index (χ1) is 6.33. The Morgan fingerprint density at radius 1 is 1.38 bits per heavy atom. The topological polar surface area (TPSA) is 29.3 Å².